The molecule has 0 radical (unpaired) electrons. The molecular weight excluding hydrogens is 526 g/mol. The second-order valence-electron chi connectivity index (χ2n) is 11.5. The average Bonchev–Trinajstić information content (AvgIpc) is 3.70. The van der Waals surface area contributed by atoms with E-state index in [0.717, 1.165) is 52.4 Å². The fourth-order valence-corrected chi connectivity index (χ4v) is 6.90. The highest BCUT2D eigenvalue weighted by Crippen LogP contribution is 2.43. The van der Waals surface area contributed by atoms with E-state index in [-0.39, 0.29) is 30.3 Å². The Balaban J connectivity index is 1.18. The number of primary amides is 1. The minimum absolute atomic E-state index is 0.00873. The summed E-state index contributed by atoms with van der Waals surface area (Å²) in [5, 5.41) is 5.91. The molecule has 3 aromatic carbocycles. The molecule has 1 saturated carbocycles. The minimum Gasteiger partial charge on any atom is -0.366 e. The molecule has 1 aliphatic carbocycles. The second kappa shape index (κ2) is 10.1. The molecule has 8 nitrogen and oxygen atoms in total. The highest BCUT2D eigenvalue weighted by molar-refractivity contribution is 6.08. The highest BCUT2D eigenvalue weighted by atomic mass is 16.2. The van der Waals surface area contributed by atoms with Gasteiger partial charge in [0.25, 0.3) is 5.91 Å². The number of anilines is 1. The fraction of sp³-hybridized carbons (Fsp3) is 0.235. The van der Waals surface area contributed by atoms with E-state index < -0.39 is 11.9 Å². The molecule has 2 aromatic heterocycles. The SMILES string of the molecule is Cc1cccc(NC(=O)[C@@H]2C3CCC(C3)N2C(=O)Cn2cc(C(N)=O)c3cc(-c4ccc5ccccc5c4)ccc32)n1. The molecule has 2 fully saturated rings. The van der Waals surface area contributed by atoms with Gasteiger partial charge in [-0.3, -0.25) is 14.4 Å². The van der Waals surface area contributed by atoms with Gasteiger partial charge in [-0.05, 0) is 84.3 Å². The van der Waals surface area contributed by atoms with Gasteiger partial charge in [-0.1, -0.05) is 48.5 Å². The van der Waals surface area contributed by atoms with Crippen LogP contribution in [0.2, 0.25) is 0 Å². The van der Waals surface area contributed by atoms with E-state index in [0.29, 0.717) is 16.8 Å². The van der Waals surface area contributed by atoms with Crippen molar-refractivity contribution >= 4 is 45.2 Å². The van der Waals surface area contributed by atoms with E-state index in [2.05, 4.69) is 40.6 Å². The number of hydrogen-bond acceptors (Lipinski definition) is 4. The van der Waals surface area contributed by atoms with E-state index in [1.807, 2.05) is 49.4 Å². The van der Waals surface area contributed by atoms with E-state index in [4.69, 9.17) is 5.73 Å². The van der Waals surface area contributed by atoms with Gasteiger partial charge < -0.3 is 20.5 Å². The summed E-state index contributed by atoms with van der Waals surface area (Å²) in [4.78, 5) is 45.9. The van der Waals surface area contributed by atoms with Crippen LogP contribution in [0.4, 0.5) is 5.82 Å². The van der Waals surface area contributed by atoms with Gasteiger partial charge in [0.2, 0.25) is 11.8 Å². The maximum absolute atomic E-state index is 13.9. The molecule has 1 saturated heterocycles. The zero-order valence-electron chi connectivity index (χ0n) is 23.3. The van der Waals surface area contributed by atoms with Gasteiger partial charge in [0.1, 0.15) is 18.4 Å². The van der Waals surface area contributed by atoms with E-state index in [1.165, 1.54) is 0 Å². The number of hydrogen-bond donors (Lipinski definition) is 2. The Kier molecular flexibility index (Phi) is 6.26. The van der Waals surface area contributed by atoms with Gasteiger partial charge in [-0.2, -0.15) is 0 Å². The molecule has 42 heavy (non-hydrogen) atoms. The molecule has 1 aliphatic heterocycles. The molecule has 210 valence electrons. The van der Waals surface area contributed by atoms with Crippen LogP contribution in [0.25, 0.3) is 32.8 Å². The van der Waals surface area contributed by atoms with Crippen LogP contribution < -0.4 is 11.1 Å². The van der Waals surface area contributed by atoms with E-state index in [1.54, 1.807) is 21.7 Å². The van der Waals surface area contributed by atoms with Gasteiger partial charge in [0.15, 0.2) is 0 Å². The molecule has 7 rings (SSSR count). The van der Waals surface area contributed by atoms with Crippen LogP contribution in [-0.4, -0.2) is 44.3 Å². The topological polar surface area (TPSA) is 110 Å². The van der Waals surface area contributed by atoms with E-state index >= 15 is 0 Å². The number of rotatable bonds is 6. The molecule has 3 atom stereocenters. The smallest absolute Gasteiger partial charge is 0.250 e. The Hall–Kier alpha value is -4.98. The van der Waals surface area contributed by atoms with Crippen molar-refractivity contribution in [1.29, 1.82) is 0 Å². The molecule has 2 aliphatic rings. The Morgan fingerprint density at radius 3 is 2.52 bits per heavy atom. The average molecular weight is 558 g/mol. The predicted octanol–water partition coefficient (Wildman–Crippen LogP) is 5.28. The van der Waals surface area contributed by atoms with E-state index in [9.17, 15) is 14.4 Å². The number of carbonyl (C=O) groups is 3. The van der Waals surface area contributed by atoms with Crippen molar-refractivity contribution in [3.05, 3.63) is 96.3 Å². The summed E-state index contributed by atoms with van der Waals surface area (Å²) in [6.07, 6.45) is 4.29. The lowest BCUT2D eigenvalue weighted by molar-refractivity contribution is -0.141. The quantitative estimate of drug-likeness (QED) is 0.296. The van der Waals surface area contributed by atoms with Gasteiger partial charge in [-0.15, -0.1) is 0 Å². The number of pyridine rings is 1. The van der Waals surface area contributed by atoms with Crippen LogP contribution >= 0.6 is 0 Å². The number of amides is 3. The third kappa shape index (κ3) is 4.49. The standard InChI is InChI=1S/C34H31N5O3/c1-20-5-4-8-30(36-20)37-34(42)32-25-11-13-26(16-25)39(32)31(40)19-38-18-28(33(35)41)27-17-24(12-14-29(27)38)23-10-9-21-6-2-3-7-22(21)15-23/h2-10,12,14-15,17-18,25-26,32H,11,13,16,19H2,1H3,(H2,35,41)(H,36,37,42)/t25?,26?,32-/m0/s1. The number of aromatic nitrogens is 2. The Morgan fingerprint density at radius 2 is 1.71 bits per heavy atom. The first-order valence-electron chi connectivity index (χ1n) is 14.3. The summed E-state index contributed by atoms with van der Waals surface area (Å²) in [6.45, 7) is 1.88. The molecule has 3 heterocycles. The number of nitrogens with two attached hydrogens (primary N) is 1. The fourth-order valence-electron chi connectivity index (χ4n) is 6.90. The number of likely N-dealkylation sites (tertiary alicyclic amines) is 1. The summed E-state index contributed by atoms with van der Waals surface area (Å²) in [6, 6.07) is 25.3. The number of piperidine rings is 1. The predicted molar refractivity (Wildman–Crippen MR) is 163 cm³/mol. The maximum Gasteiger partial charge on any atom is 0.250 e. The maximum atomic E-state index is 13.9. The molecule has 3 amide bonds. The van der Waals surface area contributed by atoms with Crippen LogP contribution in [0, 0.1) is 12.8 Å². The van der Waals surface area contributed by atoms with Crippen LogP contribution in [0.3, 0.4) is 0 Å². The third-order valence-corrected chi connectivity index (χ3v) is 8.82. The normalized spacial score (nSPS) is 19.5. The van der Waals surface area contributed by atoms with Gasteiger partial charge in [0, 0.05) is 28.8 Å². The number of aryl methyl sites for hydroxylation is 1. The van der Waals surface area contributed by atoms with Crippen molar-refractivity contribution in [3.8, 4) is 11.1 Å². The zero-order valence-corrected chi connectivity index (χ0v) is 23.3. The van der Waals surface area contributed by atoms with Crippen LogP contribution in [-0.2, 0) is 16.1 Å². The lowest BCUT2D eigenvalue weighted by atomic mass is 9.97. The number of nitrogens with one attached hydrogen (secondary N) is 1. The van der Waals surface area contributed by atoms with Gasteiger partial charge >= 0.3 is 0 Å². The summed E-state index contributed by atoms with van der Waals surface area (Å²) in [5.41, 5.74) is 9.70. The van der Waals surface area contributed by atoms with Gasteiger partial charge in [-0.25, -0.2) is 4.98 Å². The molecule has 2 unspecified atom stereocenters. The first-order chi connectivity index (χ1) is 20.4. The number of carbonyl (C=O) groups excluding carboxylic acids is 3. The summed E-state index contributed by atoms with van der Waals surface area (Å²) in [7, 11) is 0. The van der Waals surface area contributed by atoms with Crippen molar-refractivity contribution in [3.63, 3.8) is 0 Å². The first kappa shape index (κ1) is 26.0. The van der Waals surface area contributed by atoms with Crippen LogP contribution in [0.1, 0.15) is 35.3 Å². The van der Waals surface area contributed by atoms with Crippen LogP contribution in [0.15, 0.2) is 85.1 Å². The second-order valence-corrected chi connectivity index (χ2v) is 11.5. The van der Waals surface area contributed by atoms with Crippen molar-refractivity contribution in [2.75, 3.05) is 5.32 Å². The Morgan fingerprint density at radius 1 is 0.929 bits per heavy atom. The summed E-state index contributed by atoms with van der Waals surface area (Å²) < 4.78 is 1.78. The Labute approximate surface area is 243 Å². The highest BCUT2D eigenvalue weighted by Gasteiger charge is 2.51. The lowest BCUT2D eigenvalue weighted by Gasteiger charge is -2.34. The summed E-state index contributed by atoms with van der Waals surface area (Å²) >= 11 is 0. The van der Waals surface area contributed by atoms with Gasteiger partial charge in [0.05, 0.1) is 5.56 Å². The summed E-state index contributed by atoms with van der Waals surface area (Å²) in [5.74, 6) is -0.296. The third-order valence-electron chi connectivity index (χ3n) is 8.82. The minimum atomic E-state index is -0.551. The van der Waals surface area contributed by atoms with Crippen molar-refractivity contribution in [2.24, 2.45) is 11.7 Å². The molecule has 0 spiro atoms. The number of fused-ring (bicyclic) bond motifs is 4. The molecule has 3 N–H and O–H groups in total. The molecule has 8 heteroatoms. The first-order valence-corrected chi connectivity index (χ1v) is 14.3. The lowest BCUT2D eigenvalue weighted by Crippen LogP contribution is -2.51. The number of benzene rings is 3. The monoisotopic (exact) mass is 557 g/mol. The number of nitrogens with zero attached hydrogens (tertiary/aromatic N) is 3. The molecule has 5 aromatic rings. The zero-order chi connectivity index (χ0) is 29.0. The van der Waals surface area contributed by atoms with Crippen LogP contribution in [0.5, 0.6) is 0 Å². The van der Waals surface area contributed by atoms with Crippen molar-refractivity contribution in [2.45, 2.75) is 44.8 Å². The molecule has 2 bridgehead atoms. The van der Waals surface area contributed by atoms with Crippen molar-refractivity contribution in [1.82, 2.24) is 14.5 Å². The largest absolute Gasteiger partial charge is 0.366 e. The molecular formula is C34H31N5O3. The van der Waals surface area contributed by atoms with Crippen molar-refractivity contribution < 1.29 is 14.4 Å². The Bertz CT molecular complexity index is 1890.